The minimum atomic E-state index is -3.60. The van der Waals surface area contributed by atoms with Gasteiger partial charge in [-0.25, -0.2) is 4.79 Å². The maximum atomic E-state index is 13.0. The van der Waals surface area contributed by atoms with Crippen molar-refractivity contribution in [1.29, 1.82) is 0 Å². The first kappa shape index (κ1) is 22.7. The lowest BCUT2D eigenvalue weighted by Crippen LogP contribution is -2.37. The number of aryl methyl sites for hydroxylation is 1. The maximum Gasteiger partial charge on any atom is 0.322 e. The second kappa shape index (κ2) is 9.78. The normalized spacial score (nSPS) is 11.4. The number of carbonyl (C=O) groups is 1. The fraction of sp³-hybridized carbons (Fsp3) is 0.409. The fourth-order valence-electron chi connectivity index (χ4n) is 2.86. The fourth-order valence-corrected chi connectivity index (χ4v) is 3.38. The summed E-state index contributed by atoms with van der Waals surface area (Å²) in [6.45, 7) is 10.5. The molecule has 0 saturated carbocycles. The lowest BCUT2D eigenvalue weighted by molar-refractivity contribution is 0.201. The van der Waals surface area contributed by atoms with Gasteiger partial charge in [-0.3, -0.25) is 0 Å². The third-order valence-electron chi connectivity index (χ3n) is 4.57. The summed E-state index contributed by atoms with van der Waals surface area (Å²) < 4.78 is 28.5. The lowest BCUT2D eigenvalue weighted by Gasteiger charge is -2.26. The Labute approximate surface area is 174 Å². The first-order chi connectivity index (χ1) is 13.6. The molecule has 0 heterocycles. The Kier molecular flexibility index (Phi) is 7.67. The van der Waals surface area contributed by atoms with Crippen LogP contribution in [0.15, 0.2) is 42.5 Å². The van der Waals surface area contributed by atoms with E-state index in [2.05, 4.69) is 5.32 Å². The number of rotatable bonds is 8. The molecule has 2 aromatic carbocycles. The number of hydrogen-bond acceptors (Lipinski definition) is 4. The third kappa shape index (κ3) is 6.78. The van der Waals surface area contributed by atoms with Crippen molar-refractivity contribution < 1.29 is 17.4 Å². The zero-order valence-electron chi connectivity index (χ0n) is 17.7. The van der Waals surface area contributed by atoms with Crippen LogP contribution in [0, 0.1) is 19.8 Å². The molecule has 0 spiro atoms. The molecule has 29 heavy (non-hydrogen) atoms. The van der Waals surface area contributed by atoms with Crippen molar-refractivity contribution in [2.24, 2.45) is 5.92 Å². The molecule has 0 atom stereocenters. The van der Waals surface area contributed by atoms with Crippen LogP contribution < -0.4 is 9.50 Å². The Balaban J connectivity index is 2.20. The molecule has 2 amide bonds. The van der Waals surface area contributed by atoms with Gasteiger partial charge in [-0.15, -0.1) is 0 Å². The van der Waals surface area contributed by atoms with E-state index in [1.165, 1.54) is 6.92 Å². The highest BCUT2D eigenvalue weighted by atomic mass is 32.2. The molecule has 0 radical (unpaired) electrons. The average Bonchev–Trinajstić information content (AvgIpc) is 2.64. The minimum absolute atomic E-state index is 0.102. The van der Waals surface area contributed by atoms with Gasteiger partial charge in [0, 0.05) is 18.8 Å². The molecule has 7 heteroatoms. The summed E-state index contributed by atoms with van der Waals surface area (Å²) in [5.41, 5.74) is 3.73. The van der Waals surface area contributed by atoms with E-state index in [4.69, 9.17) is 4.18 Å². The van der Waals surface area contributed by atoms with Crippen molar-refractivity contribution in [2.45, 2.75) is 41.2 Å². The van der Waals surface area contributed by atoms with Gasteiger partial charge >= 0.3 is 16.1 Å². The van der Waals surface area contributed by atoms with E-state index < -0.39 is 10.1 Å². The molecule has 0 saturated heterocycles. The Morgan fingerprint density at radius 2 is 1.83 bits per heavy atom. The predicted octanol–water partition coefficient (Wildman–Crippen LogP) is 4.72. The van der Waals surface area contributed by atoms with Crippen molar-refractivity contribution in [3.63, 3.8) is 0 Å². The SMILES string of the molecule is CCS(=O)(=O)Oc1cccc(CN(CC(C)C)C(=O)Nc2cccc(C)c2C)c1. The maximum absolute atomic E-state index is 13.0. The van der Waals surface area contributed by atoms with E-state index in [1.54, 1.807) is 23.1 Å². The largest absolute Gasteiger partial charge is 0.382 e. The Hall–Kier alpha value is -2.54. The van der Waals surface area contributed by atoms with Gasteiger partial charge in [0.15, 0.2) is 0 Å². The summed E-state index contributed by atoms with van der Waals surface area (Å²) in [4.78, 5) is 14.7. The van der Waals surface area contributed by atoms with Crippen molar-refractivity contribution in [3.8, 4) is 5.75 Å². The van der Waals surface area contributed by atoms with Gasteiger partial charge in [-0.05, 0) is 61.6 Å². The smallest absolute Gasteiger partial charge is 0.322 e. The van der Waals surface area contributed by atoms with Crippen LogP contribution in [0.1, 0.15) is 37.5 Å². The molecule has 0 aromatic heterocycles. The first-order valence-corrected chi connectivity index (χ1v) is 11.3. The van der Waals surface area contributed by atoms with E-state index >= 15 is 0 Å². The van der Waals surface area contributed by atoms with E-state index in [9.17, 15) is 13.2 Å². The predicted molar refractivity (Wildman–Crippen MR) is 117 cm³/mol. The highest BCUT2D eigenvalue weighted by molar-refractivity contribution is 7.87. The van der Waals surface area contributed by atoms with E-state index in [-0.39, 0.29) is 23.5 Å². The summed E-state index contributed by atoms with van der Waals surface area (Å²) in [5.74, 6) is 0.428. The Morgan fingerprint density at radius 3 is 2.48 bits per heavy atom. The Bertz CT molecular complexity index is 955. The number of urea groups is 1. The summed E-state index contributed by atoms with van der Waals surface area (Å²) in [6, 6.07) is 12.4. The number of amides is 2. The number of anilines is 1. The van der Waals surface area contributed by atoms with Gasteiger partial charge in [0.05, 0.1) is 5.75 Å². The first-order valence-electron chi connectivity index (χ1n) is 9.74. The molecule has 0 bridgehead atoms. The van der Waals surface area contributed by atoms with Gasteiger partial charge in [-0.2, -0.15) is 8.42 Å². The van der Waals surface area contributed by atoms with Crippen LogP contribution in [0.3, 0.4) is 0 Å². The number of hydrogen-bond donors (Lipinski definition) is 1. The highest BCUT2D eigenvalue weighted by Crippen LogP contribution is 2.21. The van der Waals surface area contributed by atoms with Gasteiger partial charge in [0.25, 0.3) is 0 Å². The van der Waals surface area contributed by atoms with E-state index in [0.717, 1.165) is 22.4 Å². The van der Waals surface area contributed by atoms with Crippen LogP contribution >= 0.6 is 0 Å². The minimum Gasteiger partial charge on any atom is -0.382 e. The third-order valence-corrected chi connectivity index (χ3v) is 5.72. The molecule has 0 aliphatic carbocycles. The van der Waals surface area contributed by atoms with Gasteiger partial charge in [0.2, 0.25) is 0 Å². The molecule has 1 N–H and O–H groups in total. The van der Waals surface area contributed by atoms with Crippen LogP contribution in [-0.2, 0) is 16.7 Å². The van der Waals surface area contributed by atoms with E-state index in [1.807, 2.05) is 52.0 Å². The summed E-state index contributed by atoms with van der Waals surface area (Å²) in [6.07, 6.45) is 0. The van der Waals surface area contributed by atoms with Crippen LogP contribution in [0.5, 0.6) is 5.75 Å². The van der Waals surface area contributed by atoms with E-state index in [0.29, 0.717) is 13.1 Å². The summed E-state index contributed by atoms with van der Waals surface area (Å²) in [5, 5.41) is 3.00. The highest BCUT2D eigenvalue weighted by Gasteiger charge is 2.18. The number of carbonyl (C=O) groups excluding carboxylic acids is 1. The van der Waals surface area contributed by atoms with Gasteiger partial charge in [-0.1, -0.05) is 38.1 Å². The molecule has 6 nitrogen and oxygen atoms in total. The van der Waals surface area contributed by atoms with Crippen LogP contribution in [0.2, 0.25) is 0 Å². The summed E-state index contributed by atoms with van der Waals surface area (Å²) >= 11 is 0. The van der Waals surface area contributed by atoms with Crippen LogP contribution in [0.25, 0.3) is 0 Å². The van der Waals surface area contributed by atoms with Gasteiger partial charge < -0.3 is 14.4 Å². The van der Waals surface area contributed by atoms with Crippen LogP contribution in [-0.4, -0.2) is 31.6 Å². The Morgan fingerprint density at radius 1 is 1.14 bits per heavy atom. The molecule has 0 unspecified atom stereocenters. The molecular weight excluding hydrogens is 388 g/mol. The zero-order chi connectivity index (χ0) is 21.6. The van der Waals surface area contributed by atoms with Gasteiger partial charge in [0.1, 0.15) is 5.75 Å². The zero-order valence-corrected chi connectivity index (χ0v) is 18.5. The van der Waals surface area contributed by atoms with Crippen molar-refractivity contribution in [1.82, 2.24) is 4.90 Å². The quantitative estimate of drug-likeness (QED) is 0.629. The molecule has 2 aromatic rings. The summed E-state index contributed by atoms with van der Waals surface area (Å²) in [7, 11) is -3.60. The standard InChI is InChI=1S/C22H30N2O4S/c1-6-29(26,27)28-20-11-8-10-19(13-20)15-24(14-16(2)3)22(25)23-21-12-7-9-17(4)18(21)5/h7-13,16H,6,14-15H2,1-5H3,(H,23,25). The van der Waals surface area contributed by atoms with Crippen molar-refractivity contribution in [3.05, 3.63) is 59.2 Å². The topological polar surface area (TPSA) is 75.7 Å². The average molecular weight is 419 g/mol. The van der Waals surface area contributed by atoms with Crippen molar-refractivity contribution >= 4 is 21.8 Å². The second-order valence-corrected chi connectivity index (χ2v) is 9.39. The monoisotopic (exact) mass is 418 g/mol. The van der Waals surface area contributed by atoms with Crippen LogP contribution in [0.4, 0.5) is 10.5 Å². The van der Waals surface area contributed by atoms with Crippen molar-refractivity contribution in [2.75, 3.05) is 17.6 Å². The molecule has 0 aliphatic rings. The molecule has 0 fully saturated rings. The second-order valence-electron chi connectivity index (χ2n) is 7.53. The molecule has 0 aliphatic heterocycles. The number of nitrogens with zero attached hydrogens (tertiary/aromatic N) is 1. The lowest BCUT2D eigenvalue weighted by atomic mass is 10.1. The molecule has 158 valence electrons. The molecule has 2 rings (SSSR count). The molecular formula is C22H30N2O4S. The number of benzene rings is 2. The number of nitrogens with one attached hydrogen (secondary N) is 1.